The minimum Gasteiger partial charge on any atom is -0.367 e. The number of nitrogens with zero attached hydrogens (tertiary/aromatic N) is 9. The van der Waals surface area contributed by atoms with Gasteiger partial charge in [0.15, 0.2) is 17.5 Å². The van der Waals surface area contributed by atoms with Gasteiger partial charge in [-0.2, -0.15) is 0 Å². The molecule has 2 saturated carbocycles. The van der Waals surface area contributed by atoms with Crippen LogP contribution in [0.4, 0.5) is 17.5 Å². The second-order valence-corrected chi connectivity index (χ2v) is 15.3. The number of nitrogens with one attached hydrogen (secondary N) is 3. The van der Waals surface area contributed by atoms with Gasteiger partial charge in [-0.25, -0.2) is 29.9 Å². The molecule has 3 N–H and O–H groups in total. The Labute approximate surface area is 350 Å². The molecule has 6 aromatic rings. The van der Waals surface area contributed by atoms with Crippen molar-refractivity contribution >= 4 is 17.5 Å². The monoisotopic (exact) mass is 793 g/mol. The van der Waals surface area contributed by atoms with E-state index in [9.17, 15) is 0 Å². The Balaban J connectivity index is 0.000000149. The molecular formula is C47H60N12. The van der Waals surface area contributed by atoms with Gasteiger partial charge in [0.2, 0.25) is 0 Å². The molecule has 2 fully saturated rings. The van der Waals surface area contributed by atoms with Crippen LogP contribution < -0.4 is 16.0 Å². The van der Waals surface area contributed by atoms with E-state index in [1.54, 1.807) is 18.6 Å². The number of aryl methyl sites for hydroxylation is 3. The van der Waals surface area contributed by atoms with Crippen LogP contribution in [0.5, 0.6) is 0 Å². The first-order valence-corrected chi connectivity index (χ1v) is 21.5. The average molecular weight is 793 g/mol. The van der Waals surface area contributed by atoms with Gasteiger partial charge in [-0.15, -0.1) is 0 Å². The fourth-order valence-corrected chi connectivity index (χ4v) is 6.56. The minimum atomic E-state index is 0.400. The third kappa shape index (κ3) is 11.8. The Morgan fingerprint density at radius 2 is 1.07 bits per heavy atom. The van der Waals surface area contributed by atoms with Crippen molar-refractivity contribution < 1.29 is 0 Å². The van der Waals surface area contributed by atoms with E-state index in [1.165, 1.54) is 43.2 Å². The fourth-order valence-electron chi connectivity index (χ4n) is 6.56. The molecular weight excluding hydrogens is 733 g/mol. The van der Waals surface area contributed by atoms with Crippen LogP contribution in [-0.4, -0.2) is 63.0 Å². The molecule has 308 valence electrons. The second-order valence-electron chi connectivity index (χ2n) is 15.3. The predicted molar refractivity (Wildman–Crippen MR) is 239 cm³/mol. The highest BCUT2D eigenvalue weighted by molar-refractivity contribution is 5.57. The molecule has 0 bridgehead atoms. The Morgan fingerprint density at radius 1 is 0.576 bits per heavy atom. The van der Waals surface area contributed by atoms with E-state index in [0.29, 0.717) is 35.6 Å². The van der Waals surface area contributed by atoms with Crippen molar-refractivity contribution in [1.82, 2.24) is 44.9 Å². The summed E-state index contributed by atoms with van der Waals surface area (Å²) in [5.41, 5.74) is 5.97. The number of rotatable bonds is 14. The highest BCUT2D eigenvalue weighted by Crippen LogP contribution is 2.31. The van der Waals surface area contributed by atoms with Gasteiger partial charge in [-0.3, -0.25) is 15.0 Å². The average Bonchev–Trinajstić information content (AvgIpc) is 3.28. The Kier molecular flexibility index (Phi) is 15.7. The van der Waals surface area contributed by atoms with Crippen LogP contribution in [-0.2, 0) is 19.3 Å². The van der Waals surface area contributed by atoms with E-state index < -0.39 is 0 Å². The molecule has 2 aliphatic carbocycles. The lowest BCUT2D eigenvalue weighted by molar-refractivity contribution is 0.303. The summed E-state index contributed by atoms with van der Waals surface area (Å²) in [6.45, 7) is 13.0. The Hall–Kier alpha value is -5.91. The number of aromatic nitrogens is 9. The molecule has 12 heteroatoms. The minimum absolute atomic E-state index is 0.400. The summed E-state index contributed by atoms with van der Waals surface area (Å²) in [4.78, 5) is 40.2. The fraction of sp³-hybridized carbons (Fsp3) is 0.426. The van der Waals surface area contributed by atoms with Gasteiger partial charge in [0.05, 0.1) is 0 Å². The third-order valence-electron chi connectivity index (χ3n) is 10.9. The van der Waals surface area contributed by atoms with Crippen LogP contribution in [0.1, 0.15) is 103 Å². The van der Waals surface area contributed by atoms with Crippen molar-refractivity contribution in [2.75, 3.05) is 16.0 Å². The summed E-state index contributed by atoms with van der Waals surface area (Å²) in [7, 11) is 0. The second kappa shape index (κ2) is 21.7. The van der Waals surface area contributed by atoms with Crippen molar-refractivity contribution in [1.29, 1.82) is 0 Å². The van der Waals surface area contributed by atoms with Crippen molar-refractivity contribution in [2.45, 2.75) is 124 Å². The topological polar surface area (TPSA) is 152 Å². The first kappa shape index (κ1) is 42.7. The highest BCUT2D eigenvalue weighted by atomic mass is 15.1. The third-order valence-corrected chi connectivity index (χ3v) is 10.9. The number of hydrogen-bond acceptors (Lipinski definition) is 12. The van der Waals surface area contributed by atoms with Crippen molar-refractivity contribution in [2.24, 2.45) is 5.92 Å². The van der Waals surface area contributed by atoms with Crippen LogP contribution in [0.2, 0.25) is 0 Å². The molecule has 8 rings (SSSR count). The van der Waals surface area contributed by atoms with Crippen molar-refractivity contribution in [3.05, 3.63) is 108 Å². The van der Waals surface area contributed by atoms with Gasteiger partial charge in [-0.1, -0.05) is 59.2 Å². The van der Waals surface area contributed by atoms with Crippen molar-refractivity contribution in [3.63, 3.8) is 0 Å². The van der Waals surface area contributed by atoms with E-state index in [-0.39, 0.29) is 0 Å². The van der Waals surface area contributed by atoms with E-state index in [0.717, 1.165) is 78.1 Å². The van der Waals surface area contributed by atoms with Gasteiger partial charge >= 0.3 is 0 Å². The normalized spacial score (nSPS) is 16.2. The zero-order valence-corrected chi connectivity index (χ0v) is 35.6. The number of hydrogen-bond donors (Lipinski definition) is 3. The molecule has 2 aliphatic rings. The molecule has 3 unspecified atom stereocenters. The first-order chi connectivity index (χ1) is 28.9. The van der Waals surface area contributed by atoms with Crippen LogP contribution in [0.3, 0.4) is 0 Å². The maximum atomic E-state index is 4.73. The molecule has 59 heavy (non-hydrogen) atoms. The van der Waals surface area contributed by atoms with E-state index in [2.05, 4.69) is 97.4 Å². The predicted octanol–water partition coefficient (Wildman–Crippen LogP) is 10.1. The molecule has 6 aromatic heterocycles. The lowest BCUT2D eigenvalue weighted by Crippen LogP contribution is -2.37. The molecule has 0 aromatic carbocycles. The highest BCUT2D eigenvalue weighted by Gasteiger charge is 2.27. The summed E-state index contributed by atoms with van der Waals surface area (Å²) < 4.78 is 0. The van der Waals surface area contributed by atoms with Gasteiger partial charge < -0.3 is 16.0 Å². The standard InChI is InChI=1S/C17H22N4.C15H18N4.C15H20N4/c1-3-6-13-11-19-17(15-7-4-5-10-18-15)21-16(13)20-14-9-8-12(14)2;1-2-11-10-17-15(13-8-3-4-9-16-13)19-14(11)18-12-6-5-7-12;1-4-11(3)18-14-12(5-2)10-17-15(19-14)13-8-6-7-9-16-13/h4-5,7,10-12,14H,3,6,8-9H2,1-2H3,(H,19,20,21);3-4,8-10,12H,2,5-7H2,1H3,(H,17,18,19);6-11H,4-5H2,1-3H3,(H,17,18,19). The molecule has 0 aliphatic heterocycles. The largest absolute Gasteiger partial charge is 0.367 e. The SMILES string of the molecule is CCCc1cnc(-c2ccccn2)nc1NC1CCC1C.CCc1cnc(-c2ccccn2)nc1NC(C)CC.CCc1cnc(-c2ccccn2)nc1NC1CCC1. The summed E-state index contributed by atoms with van der Waals surface area (Å²) in [6, 6.07) is 18.9. The summed E-state index contributed by atoms with van der Waals surface area (Å²) in [5, 5.41) is 10.6. The van der Waals surface area contributed by atoms with Gasteiger partial charge in [0.25, 0.3) is 0 Å². The zero-order chi connectivity index (χ0) is 41.4. The van der Waals surface area contributed by atoms with E-state index in [1.807, 2.05) is 73.2 Å². The lowest BCUT2D eigenvalue weighted by Gasteiger charge is -2.35. The number of pyridine rings is 3. The smallest absolute Gasteiger partial charge is 0.180 e. The lowest BCUT2D eigenvalue weighted by atomic mass is 9.81. The molecule has 12 nitrogen and oxygen atoms in total. The van der Waals surface area contributed by atoms with Crippen LogP contribution in [0, 0.1) is 5.92 Å². The summed E-state index contributed by atoms with van der Waals surface area (Å²) >= 11 is 0. The Morgan fingerprint density at radius 3 is 1.46 bits per heavy atom. The molecule has 3 atom stereocenters. The molecule has 0 radical (unpaired) electrons. The maximum Gasteiger partial charge on any atom is 0.180 e. The summed E-state index contributed by atoms with van der Waals surface area (Å²) in [6.07, 6.45) is 22.4. The van der Waals surface area contributed by atoms with Gasteiger partial charge in [-0.05, 0) is 107 Å². The van der Waals surface area contributed by atoms with Crippen LogP contribution >= 0.6 is 0 Å². The summed E-state index contributed by atoms with van der Waals surface area (Å²) in [5.74, 6) is 5.68. The van der Waals surface area contributed by atoms with Crippen molar-refractivity contribution in [3.8, 4) is 34.6 Å². The number of anilines is 3. The molecule has 6 heterocycles. The van der Waals surface area contributed by atoms with E-state index in [4.69, 9.17) is 4.98 Å². The zero-order valence-electron chi connectivity index (χ0n) is 35.6. The quantitative estimate of drug-likeness (QED) is 0.0962. The molecule has 0 spiro atoms. The van der Waals surface area contributed by atoms with Crippen LogP contribution in [0.25, 0.3) is 34.6 Å². The first-order valence-electron chi connectivity index (χ1n) is 21.5. The maximum absolute atomic E-state index is 4.73. The van der Waals surface area contributed by atoms with Crippen LogP contribution in [0.15, 0.2) is 91.8 Å². The van der Waals surface area contributed by atoms with Gasteiger partial charge in [0.1, 0.15) is 34.5 Å². The molecule has 0 amide bonds. The molecule has 0 saturated heterocycles. The Bertz CT molecular complexity index is 2070. The van der Waals surface area contributed by atoms with Gasteiger partial charge in [0, 0.05) is 72.0 Å². The van der Waals surface area contributed by atoms with E-state index >= 15 is 0 Å².